The molecule has 5 fully saturated rings. The third-order valence-corrected chi connectivity index (χ3v) is 6.51. The van der Waals surface area contributed by atoms with E-state index in [0.717, 1.165) is 32.1 Å². The van der Waals surface area contributed by atoms with Crippen LogP contribution >= 0.6 is 0 Å². The van der Waals surface area contributed by atoms with Gasteiger partial charge in [0.2, 0.25) is 5.91 Å². The minimum Gasteiger partial charge on any atom is -0.454 e. The summed E-state index contributed by atoms with van der Waals surface area (Å²) in [6, 6.07) is -0.464. The zero-order valence-electron chi connectivity index (χ0n) is 14.9. The van der Waals surface area contributed by atoms with Crippen LogP contribution in [0.1, 0.15) is 58.3 Å². The number of carbonyl (C=O) groups excluding carboxylic acids is 3. The van der Waals surface area contributed by atoms with Crippen molar-refractivity contribution in [3.63, 3.8) is 0 Å². The first-order valence-corrected chi connectivity index (χ1v) is 9.70. The predicted octanol–water partition coefficient (Wildman–Crippen LogP) is 1.53. The van der Waals surface area contributed by atoms with Crippen LogP contribution < -0.4 is 10.6 Å². The molecule has 6 heteroatoms. The summed E-state index contributed by atoms with van der Waals surface area (Å²) in [5.74, 6) is 1.26. The molecule has 0 heterocycles. The van der Waals surface area contributed by atoms with Crippen LogP contribution in [-0.4, -0.2) is 36.5 Å². The normalized spacial score (nSPS) is 36.6. The van der Waals surface area contributed by atoms with Crippen molar-refractivity contribution >= 4 is 17.8 Å². The fraction of sp³-hybridized carbons (Fsp3) is 0.842. The van der Waals surface area contributed by atoms with Gasteiger partial charge in [0.15, 0.2) is 6.61 Å². The Morgan fingerprint density at radius 1 is 1.04 bits per heavy atom. The highest BCUT2D eigenvalue weighted by Crippen LogP contribution is 2.60. The Labute approximate surface area is 148 Å². The molecule has 0 aliphatic heterocycles. The lowest BCUT2D eigenvalue weighted by Gasteiger charge is -2.55. The van der Waals surface area contributed by atoms with Gasteiger partial charge in [0.25, 0.3) is 5.91 Å². The zero-order chi connectivity index (χ0) is 17.6. The lowest BCUT2D eigenvalue weighted by Crippen LogP contribution is -2.56. The van der Waals surface area contributed by atoms with Gasteiger partial charge in [0.05, 0.1) is 0 Å². The van der Waals surface area contributed by atoms with Crippen LogP contribution in [0.4, 0.5) is 0 Å². The van der Waals surface area contributed by atoms with Gasteiger partial charge in [0, 0.05) is 11.5 Å². The molecule has 5 aliphatic rings. The summed E-state index contributed by atoms with van der Waals surface area (Å²) in [5.41, 5.74) is -0.271. The summed E-state index contributed by atoms with van der Waals surface area (Å²) < 4.78 is 5.05. The average molecular weight is 348 g/mol. The second kappa shape index (κ2) is 6.29. The van der Waals surface area contributed by atoms with Crippen LogP contribution in [0.2, 0.25) is 0 Å². The molecule has 0 aromatic heterocycles. The molecular weight excluding hydrogens is 320 g/mol. The van der Waals surface area contributed by atoms with E-state index in [-0.39, 0.29) is 29.9 Å². The number of rotatable bonds is 6. The predicted molar refractivity (Wildman–Crippen MR) is 90.3 cm³/mol. The van der Waals surface area contributed by atoms with Crippen molar-refractivity contribution in [2.24, 2.45) is 23.2 Å². The summed E-state index contributed by atoms with van der Waals surface area (Å²) in [7, 11) is 0. The van der Waals surface area contributed by atoms with E-state index in [1.165, 1.54) is 19.3 Å². The minimum atomic E-state index is -0.714. The molecule has 1 atom stereocenters. The van der Waals surface area contributed by atoms with Crippen molar-refractivity contribution in [1.82, 2.24) is 10.6 Å². The van der Waals surface area contributed by atoms with Gasteiger partial charge in [0.1, 0.15) is 6.04 Å². The van der Waals surface area contributed by atoms with Crippen molar-refractivity contribution < 1.29 is 19.1 Å². The molecule has 0 spiro atoms. The van der Waals surface area contributed by atoms with Gasteiger partial charge >= 0.3 is 5.97 Å². The zero-order valence-corrected chi connectivity index (χ0v) is 14.9. The number of esters is 1. The molecule has 138 valence electrons. The molecule has 5 saturated carbocycles. The Kier molecular flexibility index (Phi) is 4.24. The smallest absolute Gasteiger partial charge is 0.328 e. The first-order chi connectivity index (χ1) is 11.9. The highest BCUT2D eigenvalue weighted by molar-refractivity contribution is 5.89. The van der Waals surface area contributed by atoms with Gasteiger partial charge in [-0.3, -0.25) is 9.59 Å². The van der Waals surface area contributed by atoms with Gasteiger partial charge in [-0.25, -0.2) is 4.79 Å². The van der Waals surface area contributed by atoms with Gasteiger partial charge in [-0.05, 0) is 76.0 Å². The highest BCUT2D eigenvalue weighted by atomic mass is 16.5. The molecule has 2 N–H and O–H groups in total. The van der Waals surface area contributed by atoms with E-state index in [1.807, 2.05) is 0 Å². The molecule has 0 unspecified atom stereocenters. The van der Waals surface area contributed by atoms with Crippen molar-refractivity contribution in [2.45, 2.75) is 70.4 Å². The number of hydrogen-bond donors (Lipinski definition) is 2. The average Bonchev–Trinajstić information content (AvgIpc) is 3.35. The number of carbonyl (C=O) groups is 3. The fourth-order valence-corrected chi connectivity index (χ4v) is 5.56. The summed E-state index contributed by atoms with van der Waals surface area (Å²) >= 11 is 0. The van der Waals surface area contributed by atoms with E-state index in [1.54, 1.807) is 6.92 Å². The molecule has 2 amide bonds. The molecule has 5 rings (SSSR count). The highest BCUT2D eigenvalue weighted by Gasteiger charge is 2.54. The van der Waals surface area contributed by atoms with Gasteiger partial charge in [-0.2, -0.15) is 0 Å². The SMILES string of the molecule is C[C@H](NC(=O)C12CC3CC(CC(C3)C1)C2)C(=O)OCC(=O)NC1CC1. The summed E-state index contributed by atoms with van der Waals surface area (Å²) in [5, 5.41) is 5.64. The molecule has 0 aromatic rings. The molecule has 6 nitrogen and oxygen atoms in total. The Hall–Kier alpha value is -1.59. The van der Waals surface area contributed by atoms with Crippen LogP contribution in [0.25, 0.3) is 0 Å². The van der Waals surface area contributed by atoms with E-state index in [4.69, 9.17) is 4.74 Å². The Morgan fingerprint density at radius 3 is 2.12 bits per heavy atom. The van der Waals surface area contributed by atoms with Gasteiger partial charge < -0.3 is 15.4 Å². The van der Waals surface area contributed by atoms with E-state index < -0.39 is 12.0 Å². The number of hydrogen-bond acceptors (Lipinski definition) is 4. The van der Waals surface area contributed by atoms with Gasteiger partial charge in [-0.15, -0.1) is 0 Å². The molecule has 0 aromatic carbocycles. The van der Waals surface area contributed by atoms with Crippen molar-refractivity contribution in [2.75, 3.05) is 6.61 Å². The van der Waals surface area contributed by atoms with Crippen LogP contribution in [0.5, 0.6) is 0 Å². The maximum atomic E-state index is 12.9. The van der Waals surface area contributed by atoms with Crippen LogP contribution in [0, 0.1) is 23.2 Å². The largest absolute Gasteiger partial charge is 0.454 e. The summed E-state index contributed by atoms with van der Waals surface area (Å²) in [6.45, 7) is 1.37. The van der Waals surface area contributed by atoms with E-state index >= 15 is 0 Å². The standard InChI is InChI=1S/C19H28N2O4/c1-11(17(23)25-10-16(22)21-15-2-3-15)20-18(24)19-7-12-4-13(8-19)6-14(5-12)9-19/h11-15H,2-10H2,1H3,(H,20,24)(H,21,22)/t11-,12?,13?,14?,19?/m0/s1. The van der Waals surface area contributed by atoms with Crippen molar-refractivity contribution in [3.05, 3.63) is 0 Å². The quantitative estimate of drug-likeness (QED) is 0.713. The van der Waals surface area contributed by atoms with Crippen LogP contribution in [-0.2, 0) is 19.1 Å². The number of amides is 2. The second-order valence-electron chi connectivity index (χ2n) is 8.84. The monoisotopic (exact) mass is 348 g/mol. The maximum absolute atomic E-state index is 12.9. The first kappa shape index (κ1) is 16.9. The molecule has 0 saturated heterocycles. The van der Waals surface area contributed by atoms with E-state index in [2.05, 4.69) is 10.6 Å². The Balaban J connectivity index is 1.28. The summed E-state index contributed by atoms with van der Waals surface area (Å²) in [4.78, 5) is 36.6. The molecule has 4 bridgehead atoms. The number of ether oxygens (including phenoxy) is 1. The van der Waals surface area contributed by atoms with Crippen molar-refractivity contribution in [1.29, 1.82) is 0 Å². The molecule has 0 radical (unpaired) electrons. The summed E-state index contributed by atoms with van der Waals surface area (Å²) in [6.07, 6.45) is 8.73. The van der Waals surface area contributed by atoms with Crippen molar-refractivity contribution in [3.8, 4) is 0 Å². The Morgan fingerprint density at radius 2 is 1.60 bits per heavy atom. The molecular formula is C19H28N2O4. The lowest BCUT2D eigenvalue weighted by molar-refractivity contribution is -0.155. The topological polar surface area (TPSA) is 84.5 Å². The lowest BCUT2D eigenvalue weighted by atomic mass is 9.49. The molecule has 5 aliphatic carbocycles. The van der Waals surface area contributed by atoms with E-state index in [9.17, 15) is 14.4 Å². The molecule has 25 heavy (non-hydrogen) atoms. The fourth-order valence-electron chi connectivity index (χ4n) is 5.56. The van der Waals surface area contributed by atoms with Gasteiger partial charge in [-0.1, -0.05) is 0 Å². The second-order valence-corrected chi connectivity index (χ2v) is 8.84. The Bertz CT molecular complexity index is 549. The first-order valence-electron chi connectivity index (χ1n) is 9.70. The van der Waals surface area contributed by atoms with Crippen LogP contribution in [0.15, 0.2) is 0 Å². The third kappa shape index (κ3) is 3.53. The maximum Gasteiger partial charge on any atom is 0.328 e. The number of nitrogens with one attached hydrogen (secondary N) is 2. The van der Waals surface area contributed by atoms with E-state index in [0.29, 0.717) is 17.8 Å². The minimum absolute atomic E-state index is 0.0125. The third-order valence-electron chi connectivity index (χ3n) is 6.51. The van der Waals surface area contributed by atoms with Crippen LogP contribution in [0.3, 0.4) is 0 Å².